The lowest BCUT2D eigenvalue weighted by atomic mass is 9.86. The lowest BCUT2D eigenvalue weighted by molar-refractivity contribution is 0.169. The van der Waals surface area contributed by atoms with Gasteiger partial charge in [0.15, 0.2) is 0 Å². The number of methoxy groups -OCH3 is 2. The normalized spacial score (nSPS) is 12.9. The first kappa shape index (κ1) is 31.9. The maximum atomic E-state index is 12.1. The van der Waals surface area contributed by atoms with E-state index >= 15 is 0 Å². The summed E-state index contributed by atoms with van der Waals surface area (Å²) < 4.78 is 43.3. The molecule has 0 fully saturated rings. The fourth-order valence-corrected chi connectivity index (χ4v) is 5.46. The molecule has 3 N–H and O–H groups in total. The lowest BCUT2D eigenvalue weighted by Gasteiger charge is -2.25. The minimum atomic E-state index is -3.57. The van der Waals surface area contributed by atoms with Crippen LogP contribution in [0.2, 0.25) is 0 Å². The summed E-state index contributed by atoms with van der Waals surface area (Å²) in [5.74, 6) is 2.08. The smallest absolute Gasteiger partial charge is 0.229 e. The molecule has 9 heteroatoms. The molecule has 0 bridgehead atoms. The fraction of sp³-hybridized carbons (Fsp3) is 0.294. The number of nitrogens with one attached hydrogen (secondary N) is 2. The third-order valence-corrected chi connectivity index (χ3v) is 7.80. The molecular formula is C34H40N2O6S. The van der Waals surface area contributed by atoms with E-state index in [1.54, 1.807) is 32.4 Å². The number of aliphatic hydroxyl groups excluding tert-OH is 1. The van der Waals surface area contributed by atoms with Gasteiger partial charge in [0.25, 0.3) is 0 Å². The Kier molecular flexibility index (Phi) is 11.1. The number of rotatable bonds is 15. The molecule has 0 unspecified atom stereocenters. The summed E-state index contributed by atoms with van der Waals surface area (Å²) in [6.07, 6.45) is 0.993. The van der Waals surface area contributed by atoms with Crippen molar-refractivity contribution < 1.29 is 27.7 Å². The van der Waals surface area contributed by atoms with Crippen LogP contribution in [0.15, 0.2) is 97.1 Å². The zero-order chi connectivity index (χ0) is 30.8. The molecule has 8 nitrogen and oxygen atoms in total. The molecule has 0 amide bonds. The molecule has 0 heterocycles. The van der Waals surface area contributed by atoms with E-state index in [1.165, 1.54) is 0 Å². The summed E-state index contributed by atoms with van der Waals surface area (Å²) in [4.78, 5) is 0. The Labute approximate surface area is 254 Å². The molecule has 0 saturated heterocycles. The Hall–Kier alpha value is -4.05. The number of sulfonamides is 1. The average Bonchev–Trinajstić information content (AvgIpc) is 3.01. The van der Waals surface area contributed by atoms with Crippen LogP contribution in [-0.4, -0.2) is 46.6 Å². The topological polar surface area (TPSA) is 106 Å². The zero-order valence-corrected chi connectivity index (χ0v) is 25.8. The van der Waals surface area contributed by atoms with Gasteiger partial charge < -0.3 is 24.6 Å². The third kappa shape index (κ3) is 9.47. The molecule has 43 heavy (non-hydrogen) atoms. The van der Waals surface area contributed by atoms with Gasteiger partial charge >= 0.3 is 0 Å². The number of benzene rings is 4. The second-order valence-corrected chi connectivity index (χ2v) is 12.3. The molecule has 4 aromatic carbocycles. The Morgan fingerprint density at radius 3 is 1.88 bits per heavy atom. The highest BCUT2D eigenvalue weighted by Gasteiger charge is 2.20. The van der Waals surface area contributed by atoms with Crippen LogP contribution in [0.1, 0.15) is 47.6 Å². The van der Waals surface area contributed by atoms with E-state index in [2.05, 4.69) is 41.2 Å². The Morgan fingerprint density at radius 2 is 1.35 bits per heavy atom. The standard InChI is InChI=1S/C34H40N2O6S/c1-24(20-31(26-10-15-29(40-2)16-11-26)27-12-17-30(41-3)18-13-27)35-22-33(37)28-14-19-34(32(21-28)36-43(4,38)39)42-23-25-8-6-5-7-9-25/h5-19,21,24,31,33,35-37H,20,22-23H2,1-4H3/t24-,33-/m0/s1. The molecule has 4 aromatic rings. The minimum Gasteiger partial charge on any atom is -0.497 e. The van der Waals surface area contributed by atoms with Crippen LogP contribution in [0.4, 0.5) is 5.69 Å². The van der Waals surface area contributed by atoms with Gasteiger partial charge in [0.05, 0.1) is 32.3 Å². The van der Waals surface area contributed by atoms with Gasteiger partial charge in [-0.2, -0.15) is 0 Å². The summed E-state index contributed by atoms with van der Waals surface area (Å²) in [5, 5.41) is 14.5. The number of hydrogen-bond donors (Lipinski definition) is 3. The van der Waals surface area contributed by atoms with Crippen LogP contribution >= 0.6 is 0 Å². The monoisotopic (exact) mass is 604 g/mol. The average molecular weight is 605 g/mol. The van der Waals surface area contributed by atoms with E-state index < -0.39 is 16.1 Å². The van der Waals surface area contributed by atoms with Gasteiger partial charge in [0.2, 0.25) is 10.0 Å². The van der Waals surface area contributed by atoms with Crippen LogP contribution in [0.3, 0.4) is 0 Å². The van der Waals surface area contributed by atoms with Gasteiger partial charge in [-0.3, -0.25) is 4.72 Å². The van der Waals surface area contributed by atoms with Crippen molar-refractivity contribution in [3.8, 4) is 17.2 Å². The van der Waals surface area contributed by atoms with Crippen molar-refractivity contribution in [2.24, 2.45) is 0 Å². The predicted molar refractivity (Wildman–Crippen MR) is 171 cm³/mol. The summed E-state index contributed by atoms with van der Waals surface area (Å²) in [5.41, 5.74) is 4.12. The van der Waals surface area contributed by atoms with E-state index in [0.717, 1.165) is 40.9 Å². The van der Waals surface area contributed by atoms with E-state index in [9.17, 15) is 13.5 Å². The molecule has 0 aromatic heterocycles. The molecule has 228 valence electrons. The van der Waals surface area contributed by atoms with Crippen molar-refractivity contribution in [3.63, 3.8) is 0 Å². The minimum absolute atomic E-state index is 0.0472. The van der Waals surface area contributed by atoms with Crippen LogP contribution < -0.4 is 24.2 Å². The van der Waals surface area contributed by atoms with Crippen LogP contribution in [0.5, 0.6) is 17.2 Å². The van der Waals surface area contributed by atoms with Gasteiger partial charge in [0, 0.05) is 18.5 Å². The van der Waals surface area contributed by atoms with Crippen molar-refractivity contribution in [2.75, 3.05) is 31.7 Å². The lowest BCUT2D eigenvalue weighted by Crippen LogP contribution is -2.32. The van der Waals surface area contributed by atoms with Crippen LogP contribution in [-0.2, 0) is 16.6 Å². The SMILES string of the molecule is COc1ccc(C(C[C@H](C)NC[C@H](O)c2ccc(OCc3ccccc3)c(NS(C)(=O)=O)c2)c2ccc(OC)cc2)cc1. The highest BCUT2D eigenvalue weighted by Crippen LogP contribution is 2.33. The second kappa shape index (κ2) is 14.9. The summed E-state index contributed by atoms with van der Waals surface area (Å²) >= 11 is 0. The van der Waals surface area contributed by atoms with E-state index in [4.69, 9.17) is 14.2 Å². The number of aliphatic hydroxyl groups is 1. The summed E-state index contributed by atoms with van der Waals surface area (Å²) in [7, 11) is -0.266. The molecule has 0 spiro atoms. The second-order valence-electron chi connectivity index (χ2n) is 10.6. The van der Waals surface area contributed by atoms with Gasteiger partial charge in [0.1, 0.15) is 23.9 Å². The van der Waals surface area contributed by atoms with Crippen LogP contribution in [0, 0.1) is 0 Å². The number of anilines is 1. The van der Waals surface area contributed by atoms with Crippen molar-refractivity contribution in [1.29, 1.82) is 0 Å². The fourth-order valence-electron chi connectivity index (χ4n) is 4.90. The zero-order valence-electron chi connectivity index (χ0n) is 25.0. The molecule has 2 atom stereocenters. The Morgan fingerprint density at radius 1 is 0.791 bits per heavy atom. The summed E-state index contributed by atoms with van der Waals surface area (Å²) in [6, 6.07) is 30.9. The molecule has 0 aliphatic rings. The van der Waals surface area contributed by atoms with E-state index in [1.807, 2.05) is 54.6 Å². The quantitative estimate of drug-likeness (QED) is 0.155. The molecule has 0 saturated carbocycles. The van der Waals surface area contributed by atoms with E-state index in [0.29, 0.717) is 11.3 Å². The van der Waals surface area contributed by atoms with Crippen LogP contribution in [0.25, 0.3) is 0 Å². The van der Waals surface area contributed by atoms with Crippen molar-refractivity contribution in [1.82, 2.24) is 5.32 Å². The van der Waals surface area contributed by atoms with Gasteiger partial charge in [-0.15, -0.1) is 0 Å². The van der Waals surface area contributed by atoms with Gasteiger partial charge in [-0.1, -0.05) is 60.7 Å². The van der Waals surface area contributed by atoms with Gasteiger partial charge in [-0.05, 0) is 72.0 Å². The first-order chi connectivity index (χ1) is 20.6. The summed E-state index contributed by atoms with van der Waals surface area (Å²) in [6.45, 7) is 2.65. The first-order valence-corrected chi connectivity index (χ1v) is 16.0. The third-order valence-electron chi connectivity index (χ3n) is 7.21. The van der Waals surface area contributed by atoms with Gasteiger partial charge in [-0.25, -0.2) is 8.42 Å². The Bertz CT molecular complexity index is 1500. The molecular weight excluding hydrogens is 564 g/mol. The molecule has 4 rings (SSSR count). The van der Waals surface area contributed by atoms with E-state index in [-0.39, 0.29) is 30.8 Å². The number of ether oxygens (including phenoxy) is 3. The molecule has 0 aliphatic carbocycles. The highest BCUT2D eigenvalue weighted by atomic mass is 32.2. The van der Waals surface area contributed by atoms with Crippen molar-refractivity contribution in [3.05, 3.63) is 119 Å². The Balaban J connectivity index is 1.45. The maximum absolute atomic E-state index is 12.1. The first-order valence-electron chi connectivity index (χ1n) is 14.1. The highest BCUT2D eigenvalue weighted by molar-refractivity contribution is 7.92. The number of hydrogen-bond acceptors (Lipinski definition) is 7. The van der Waals surface area contributed by atoms with Crippen molar-refractivity contribution >= 4 is 15.7 Å². The molecule has 0 aliphatic heterocycles. The molecule has 0 radical (unpaired) electrons. The van der Waals surface area contributed by atoms with Crippen molar-refractivity contribution in [2.45, 2.75) is 38.0 Å². The maximum Gasteiger partial charge on any atom is 0.229 e. The predicted octanol–water partition coefficient (Wildman–Crippen LogP) is 5.89. The largest absolute Gasteiger partial charge is 0.497 e.